The van der Waals surface area contributed by atoms with Crippen molar-refractivity contribution in [1.82, 2.24) is 4.90 Å². The summed E-state index contributed by atoms with van der Waals surface area (Å²) in [7, 11) is -4.02. The second-order valence-electron chi connectivity index (χ2n) is 7.68. The number of nitrogens with zero attached hydrogens (tertiary/aromatic N) is 1. The molecule has 1 aliphatic heterocycles. The van der Waals surface area contributed by atoms with Gasteiger partial charge in [-0.2, -0.15) is 8.42 Å². The van der Waals surface area contributed by atoms with E-state index in [4.69, 9.17) is 10.3 Å². The van der Waals surface area contributed by atoms with Gasteiger partial charge in [-0.3, -0.25) is 9.35 Å². The van der Waals surface area contributed by atoms with Crippen LogP contribution in [0.4, 0.5) is 0 Å². The Balaban J connectivity index is 0.000000208. The van der Waals surface area contributed by atoms with Crippen LogP contribution in [0.15, 0.2) is 29.2 Å². The summed E-state index contributed by atoms with van der Waals surface area (Å²) in [6.07, 6.45) is 5.06. The van der Waals surface area contributed by atoms with Gasteiger partial charge in [0, 0.05) is 6.54 Å². The number of carboxylic acids is 1. The minimum absolute atomic E-state index is 0.0666. The average Bonchev–Trinajstić information content (AvgIpc) is 2.58. The van der Waals surface area contributed by atoms with Gasteiger partial charge in [0.15, 0.2) is 0 Å². The Morgan fingerprint density at radius 3 is 2.15 bits per heavy atom. The van der Waals surface area contributed by atoms with Crippen LogP contribution in [0.5, 0.6) is 0 Å². The van der Waals surface area contributed by atoms with Gasteiger partial charge in [0.1, 0.15) is 0 Å². The number of benzene rings is 1. The highest BCUT2D eigenvalue weighted by Gasteiger charge is 2.45. The zero-order chi connectivity index (χ0) is 20.1. The molecule has 0 aromatic heterocycles. The van der Waals surface area contributed by atoms with E-state index in [0.29, 0.717) is 5.92 Å². The van der Waals surface area contributed by atoms with Crippen LogP contribution in [0.3, 0.4) is 0 Å². The van der Waals surface area contributed by atoms with E-state index < -0.39 is 21.5 Å². The Labute approximate surface area is 161 Å². The summed E-state index contributed by atoms with van der Waals surface area (Å²) in [6.45, 7) is 5.42. The number of hydrogen-bond acceptors (Lipinski definition) is 5. The molecule has 0 unspecified atom stereocenters. The van der Waals surface area contributed by atoms with E-state index in [0.717, 1.165) is 63.8 Å². The Morgan fingerprint density at radius 2 is 1.78 bits per heavy atom. The third-order valence-electron chi connectivity index (χ3n) is 5.65. The molecule has 0 radical (unpaired) electrons. The lowest BCUT2D eigenvalue weighted by atomic mass is 9.68. The molecule has 2 fully saturated rings. The Bertz CT molecular complexity index is 721. The number of hydrogen-bond donors (Lipinski definition) is 3. The van der Waals surface area contributed by atoms with Crippen LogP contribution in [-0.2, 0) is 14.9 Å². The second kappa shape index (κ2) is 9.14. The van der Waals surface area contributed by atoms with Crippen molar-refractivity contribution in [2.24, 2.45) is 17.1 Å². The summed E-state index contributed by atoms with van der Waals surface area (Å²) >= 11 is 0. The van der Waals surface area contributed by atoms with Crippen molar-refractivity contribution in [2.45, 2.75) is 43.9 Å². The number of aliphatic carboxylic acids is 1. The van der Waals surface area contributed by atoms with E-state index in [1.54, 1.807) is 12.1 Å². The van der Waals surface area contributed by atoms with E-state index in [1.807, 2.05) is 6.92 Å². The van der Waals surface area contributed by atoms with Crippen molar-refractivity contribution in [3.05, 3.63) is 29.8 Å². The lowest BCUT2D eigenvalue weighted by Gasteiger charge is -2.43. The van der Waals surface area contributed by atoms with E-state index in [1.165, 1.54) is 12.1 Å². The molecule has 8 heteroatoms. The molecule has 152 valence electrons. The molecule has 4 N–H and O–H groups in total. The normalized spacial score (nSPS) is 20.3. The summed E-state index contributed by atoms with van der Waals surface area (Å²) in [5, 5.41) is 9.27. The van der Waals surface area contributed by atoms with Crippen LogP contribution >= 0.6 is 0 Å². The third kappa shape index (κ3) is 6.00. The molecule has 27 heavy (non-hydrogen) atoms. The molecule has 0 atom stereocenters. The maximum absolute atomic E-state index is 11.3. The van der Waals surface area contributed by atoms with Crippen molar-refractivity contribution < 1.29 is 22.9 Å². The van der Waals surface area contributed by atoms with Crippen molar-refractivity contribution in [3.63, 3.8) is 0 Å². The fourth-order valence-electron chi connectivity index (χ4n) is 3.56. The molecule has 2 aliphatic rings. The van der Waals surface area contributed by atoms with Gasteiger partial charge in [-0.15, -0.1) is 0 Å². The number of likely N-dealkylation sites (tertiary alicyclic amines) is 1. The van der Waals surface area contributed by atoms with E-state index >= 15 is 0 Å². The SMILES string of the molecule is Cc1ccc(S(=O)(=O)O)cc1.NCC1CCN(CC2(C(=O)O)CCC2)CC1. The number of aryl methyl sites for hydroxylation is 1. The Kier molecular flexibility index (Phi) is 7.39. The quantitative estimate of drug-likeness (QED) is 0.650. The van der Waals surface area contributed by atoms with Crippen LogP contribution in [0.25, 0.3) is 0 Å². The summed E-state index contributed by atoms with van der Waals surface area (Å²) in [5.74, 6) is 0.0538. The molecule has 1 heterocycles. The molecule has 1 aliphatic carbocycles. The highest BCUT2D eigenvalue weighted by atomic mass is 32.2. The van der Waals surface area contributed by atoms with Gasteiger partial charge >= 0.3 is 5.97 Å². The summed E-state index contributed by atoms with van der Waals surface area (Å²) in [4.78, 5) is 13.5. The van der Waals surface area contributed by atoms with Crippen molar-refractivity contribution in [2.75, 3.05) is 26.2 Å². The molecule has 1 saturated heterocycles. The molecule has 1 saturated carbocycles. The van der Waals surface area contributed by atoms with E-state index in [2.05, 4.69) is 4.90 Å². The Morgan fingerprint density at radius 1 is 1.22 bits per heavy atom. The van der Waals surface area contributed by atoms with Crippen LogP contribution < -0.4 is 5.73 Å². The summed E-state index contributed by atoms with van der Waals surface area (Å²) in [6, 6.07) is 5.99. The predicted octanol–water partition coefficient (Wildman–Crippen LogP) is 2.15. The van der Waals surface area contributed by atoms with Crippen molar-refractivity contribution in [1.29, 1.82) is 0 Å². The van der Waals surface area contributed by atoms with E-state index in [9.17, 15) is 18.3 Å². The second-order valence-corrected chi connectivity index (χ2v) is 9.10. The lowest BCUT2D eigenvalue weighted by molar-refractivity contribution is -0.156. The molecular weight excluding hydrogens is 368 g/mol. The summed E-state index contributed by atoms with van der Waals surface area (Å²) < 4.78 is 29.6. The summed E-state index contributed by atoms with van der Waals surface area (Å²) in [5.41, 5.74) is 6.18. The molecule has 3 rings (SSSR count). The molecule has 7 nitrogen and oxygen atoms in total. The number of rotatable bonds is 5. The number of nitrogens with two attached hydrogens (primary N) is 1. The first-order valence-electron chi connectivity index (χ1n) is 9.36. The molecule has 1 aromatic carbocycles. The molecule has 1 aromatic rings. The fraction of sp³-hybridized carbons (Fsp3) is 0.632. The van der Waals surface area contributed by atoms with Crippen molar-refractivity contribution >= 4 is 16.1 Å². The molecule has 0 spiro atoms. The maximum Gasteiger partial charge on any atom is 0.310 e. The van der Waals surface area contributed by atoms with E-state index in [-0.39, 0.29) is 4.90 Å². The van der Waals surface area contributed by atoms with Crippen LogP contribution in [0, 0.1) is 18.3 Å². The van der Waals surface area contributed by atoms with Gasteiger partial charge in [-0.1, -0.05) is 24.1 Å². The van der Waals surface area contributed by atoms with Gasteiger partial charge < -0.3 is 15.7 Å². The molecular formula is C19H30N2O5S. The van der Waals surface area contributed by atoms with Gasteiger partial charge in [0.05, 0.1) is 10.3 Å². The average molecular weight is 399 g/mol. The first-order chi connectivity index (χ1) is 12.7. The zero-order valence-corrected chi connectivity index (χ0v) is 16.6. The van der Waals surface area contributed by atoms with Gasteiger partial charge in [0.2, 0.25) is 0 Å². The van der Waals surface area contributed by atoms with Gasteiger partial charge in [0.25, 0.3) is 10.1 Å². The smallest absolute Gasteiger partial charge is 0.310 e. The Hall–Kier alpha value is -1.48. The predicted molar refractivity (Wildman–Crippen MR) is 103 cm³/mol. The zero-order valence-electron chi connectivity index (χ0n) is 15.8. The number of piperidine rings is 1. The maximum atomic E-state index is 11.3. The highest BCUT2D eigenvalue weighted by molar-refractivity contribution is 7.85. The molecule has 0 amide bonds. The number of carboxylic acid groups (broad SMARTS) is 1. The first-order valence-corrected chi connectivity index (χ1v) is 10.8. The standard InChI is InChI=1S/C12H22N2O2.C7H8O3S/c13-8-10-2-6-14(7-3-10)9-12(11(15)16)4-1-5-12;1-6-2-4-7(5-3-6)11(8,9)10/h10H,1-9,13H2,(H,15,16);2-5H,1H3,(H,8,9,10). The minimum atomic E-state index is -4.02. The monoisotopic (exact) mass is 398 g/mol. The fourth-order valence-corrected chi connectivity index (χ4v) is 4.04. The number of carbonyl (C=O) groups is 1. The topological polar surface area (TPSA) is 121 Å². The minimum Gasteiger partial charge on any atom is -0.481 e. The van der Waals surface area contributed by atoms with Crippen LogP contribution in [-0.4, -0.2) is 55.1 Å². The first kappa shape index (κ1) is 21.8. The van der Waals surface area contributed by atoms with Crippen LogP contribution in [0.2, 0.25) is 0 Å². The third-order valence-corrected chi connectivity index (χ3v) is 6.52. The largest absolute Gasteiger partial charge is 0.481 e. The molecule has 0 bridgehead atoms. The van der Waals surface area contributed by atoms with Gasteiger partial charge in [-0.05, 0) is 70.3 Å². The van der Waals surface area contributed by atoms with Gasteiger partial charge in [-0.25, -0.2) is 0 Å². The lowest BCUT2D eigenvalue weighted by Crippen LogP contribution is -2.50. The van der Waals surface area contributed by atoms with Crippen molar-refractivity contribution in [3.8, 4) is 0 Å². The van der Waals surface area contributed by atoms with Crippen LogP contribution in [0.1, 0.15) is 37.7 Å². The highest BCUT2D eigenvalue weighted by Crippen LogP contribution is 2.42.